The van der Waals surface area contributed by atoms with Crippen LogP contribution >= 0.6 is 0 Å². The Kier molecular flexibility index (Phi) is 2.70. The Balaban J connectivity index is 3.03. The highest BCUT2D eigenvalue weighted by Crippen LogP contribution is 2.17. The summed E-state index contributed by atoms with van der Waals surface area (Å²) in [6.07, 6.45) is 3.32. The molecule has 0 aliphatic heterocycles. The van der Waals surface area contributed by atoms with E-state index in [4.69, 9.17) is 5.73 Å². The number of hydrogen-bond donors (Lipinski definition) is 1. The third-order valence-electron chi connectivity index (χ3n) is 1.79. The lowest BCUT2D eigenvalue weighted by molar-refractivity contribution is 1.43. The van der Waals surface area contributed by atoms with E-state index >= 15 is 0 Å². The fourth-order valence-electron chi connectivity index (χ4n) is 1.14. The minimum absolute atomic E-state index is 0.954. The van der Waals surface area contributed by atoms with Gasteiger partial charge in [0.15, 0.2) is 0 Å². The topological polar surface area (TPSA) is 26.0 Å². The summed E-state index contributed by atoms with van der Waals surface area (Å²) in [5.74, 6) is 0. The molecule has 0 aliphatic rings. The Labute approximate surface area is 73.2 Å². The van der Waals surface area contributed by atoms with E-state index in [2.05, 4.69) is 19.6 Å². The highest BCUT2D eigenvalue weighted by Gasteiger charge is 1.96. The van der Waals surface area contributed by atoms with Gasteiger partial charge in [0.2, 0.25) is 0 Å². The maximum absolute atomic E-state index is 5.28. The van der Waals surface area contributed by atoms with Crippen molar-refractivity contribution >= 4 is 5.57 Å². The zero-order chi connectivity index (χ0) is 8.97. The van der Waals surface area contributed by atoms with E-state index in [1.54, 1.807) is 0 Å². The molecule has 0 bridgehead atoms. The lowest BCUT2D eigenvalue weighted by atomic mass is 10.0. The van der Waals surface area contributed by atoms with Gasteiger partial charge in [0, 0.05) is 0 Å². The third kappa shape index (κ3) is 1.76. The molecule has 0 saturated heterocycles. The summed E-state index contributed by atoms with van der Waals surface area (Å²) in [5, 5.41) is 0. The van der Waals surface area contributed by atoms with Crippen molar-refractivity contribution in [1.82, 2.24) is 0 Å². The van der Waals surface area contributed by atoms with Crippen molar-refractivity contribution in [2.75, 3.05) is 0 Å². The van der Waals surface area contributed by atoms with Gasteiger partial charge >= 0.3 is 0 Å². The molecule has 0 radical (unpaired) electrons. The first-order valence-corrected chi connectivity index (χ1v) is 3.89. The Morgan fingerprint density at radius 2 is 2.08 bits per heavy atom. The zero-order valence-corrected chi connectivity index (χ0v) is 7.25. The van der Waals surface area contributed by atoms with Crippen LogP contribution in [0.25, 0.3) is 5.57 Å². The highest BCUT2D eigenvalue weighted by atomic mass is 14.5. The lowest BCUT2D eigenvalue weighted by Gasteiger charge is -2.03. The molecule has 1 nitrogen and oxygen atoms in total. The second kappa shape index (κ2) is 3.77. The van der Waals surface area contributed by atoms with E-state index in [0.717, 1.165) is 11.1 Å². The average molecular weight is 159 g/mol. The van der Waals surface area contributed by atoms with E-state index in [0.29, 0.717) is 0 Å². The molecule has 0 atom stereocenters. The second-order valence-corrected chi connectivity index (χ2v) is 2.70. The van der Waals surface area contributed by atoms with Crippen molar-refractivity contribution in [1.29, 1.82) is 0 Å². The van der Waals surface area contributed by atoms with Gasteiger partial charge in [0.25, 0.3) is 0 Å². The number of hydrogen-bond acceptors (Lipinski definition) is 1. The maximum atomic E-state index is 5.28. The first kappa shape index (κ1) is 8.60. The normalized spacial score (nSPS) is 10.4. The molecule has 62 valence electrons. The minimum atomic E-state index is 0.954. The predicted octanol–water partition coefficient (Wildman–Crippen LogP) is 2.48. The number of aryl methyl sites for hydroxylation is 1. The fourth-order valence-corrected chi connectivity index (χ4v) is 1.14. The van der Waals surface area contributed by atoms with Gasteiger partial charge in [0.05, 0.1) is 0 Å². The summed E-state index contributed by atoms with van der Waals surface area (Å²) in [6, 6.07) is 8.11. The summed E-state index contributed by atoms with van der Waals surface area (Å²) in [5.41, 5.74) is 8.60. The molecule has 1 aromatic carbocycles. The van der Waals surface area contributed by atoms with Crippen molar-refractivity contribution in [3.8, 4) is 0 Å². The van der Waals surface area contributed by atoms with Crippen LogP contribution < -0.4 is 5.73 Å². The molecule has 12 heavy (non-hydrogen) atoms. The summed E-state index contributed by atoms with van der Waals surface area (Å²) in [4.78, 5) is 0. The number of rotatable bonds is 2. The van der Waals surface area contributed by atoms with Crippen molar-refractivity contribution in [3.63, 3.8) is 0 Å². The molecule has 0 fully saturated rings. The molecule has 0 saturated carbocycles. The minimum Gasteiger partial charge on any atom is -0.405 e. The van der Waals surface area contributed by atoms with E-state index in [-0.39, 0.29) is 0 Å². The summed E-state index contributed by atoms with van der Waals surface area (Å²) in [7, 11) is 0. The molecular formula is C11H13N. The first-order chi connectivity index (χ1) is 5.75. The van der Waals surface area contributed by atoms with Gasteiger partial charge in [-0.25, -0.2) is 0 Å². The van der Waals surface area contributed by atoms with Gasteiger partial charge in [-0.15, -0.1) is 0 Å². The second-order valence-electron chi connectivity index (χ2n) is 2.70. The number of nitrogens with two attached hydrogens (primary N) is 1. The van der Waals surface area contributed by atoms with Crippen LogP contribution in [-0.4, -0.2) is 0 Å². The molecule has 1 heteroatoms. The summed E-state index contributed by atoms with van der Waals surface area (Å²) < 4.78 is 0. The SMILES string of the molecule is C=C(/C=C\N)c1ccccc1C. The molecule has 0 unspecified atom stereocenters. The van der Waals surface area contributed by atoms with E-state index in [9.17, 15) is 0 Å². The highest BCUT2D eigenvalue weighted by molar-refractivity contribution is 5.73. The van der Waals surface area contributed by atoms with Gasteiger partial charge in [-0.2, -0.15) is 0 Å². The fraction of sp³-hybridized carbons (Fsp3) is 0.0909. The van der Waals surface area contributed by atoms with Gasteiger partial charge in [0.1, 0.15) is 0 Å². The Morgan fingerprint density at radius 3 is 2.67 bits per heavy atom. The van der Waals surface area contributed by atoms with Crippen molar-refractivity contribution in [2.45, 2.75) is 6.92 Å². The average Bonchev–Trinajstić information content (AvgIpc) is 2.05. The Bertz CT molecular complexity index is 311. The molecule has 2 N–H and O–H groups in total. The molecule has 0 aromatic heterocycles. The van der Waals surface area contributed by atoms with Gasteiger partial charge in [-0.3, -0.25) is 0 Å². The van der Waals surface area contributed by atoms with Crippen LogP contribution in [0.1, 0.15) is 11.1 Å². The van der Waals surface area contributed by atoms with Crippen LogP contribution in [0.4, 0.5) is 0 Å². The predicted molar refractivity (Wildman–Crippen MR) is 53.5 cm³/mol. The van der Waals surface area contributed by atoms with Gasteiger partial charge in [-0.05, 0) is 35.9 Å². The third-order valence-corrected chi connectivity index (χ3v) is 1.79. The van der Waals surface area contributed by atoms with Gasteiger partial charge in [-0.1, -0.05) is 30.8 Å². The Hall–Kier alpha value is -1.50. The lowest BCUT2D eigenvalue weighted by Crippen LogP contribution is -1.85. The van der Waals surface area contributed by atoms with Crippen LogP contribution in [0, 0.1) is 6.92 Å². The van der Waals surface area contributed by atoms with Crippen molar-refractivity contribution < 1.29 is 0 Å². The summed E-state index contributed by atoms with van der Waals surface area (Å²) in [6.45, 7) is 5.97. The smallest absolute Gasteiger partial charge is 0.00564 e. The maximum Gasteiger partial charge on any atom is -0.00564 e. The van der Waals surface area contributed by atoms with Crippen LogP contribution in [-0.2, 0) is 0 Å². The van der Waals surface area contributed by atoms with Crippen molar-refractivity contribution in [3.05, 3.63) is 54.2 Å². The molecule has 1 aromatic rings. The quantitative estimate of drug-likeness (QED) is 0.659. The molecule has 1 rings (SSSR count). The largest absolute Gasteiger partial charge is 0.405 e. The monoisotopic (exact) mass is 159 g/mol. The van der Waals surface area contributed by atoms with Gasteiger partial charge < -0.3 is 5.73 Å². The molecular weight excluding hydrogens is 146 g/mol. The van der Waals surface area contributed by atoms with E-state index in [1.807, 2.05) is 24.3 Å². The van der Waals surface area contributed by atoms with E-state index in [1.165, 1.54) is 11.8 Å². The standard InChI is InChI=1S/C11H13N/c1-9-5-3-4-6-11(9)10(2)7-8-12/h3-8H,2,12H2,1H3/b8-7-. The number of allylic oxidation sites excluding steroid dienone is 2. The number of benzene rings is 1. The molecule has 0 amide bonds. The summed E-state index contributed by atoms with van der Waals surface area (Å²) >= 11 is 0. The Morgan fingerprint density at radius 1 is 1.42 bits per heavy atom. The first-order valence-electron chi connectivity index (χ1n) is 3.89. The zero-order valence-electron chi connectivity index (χ0n) is 7.25. The molecule has 0 aliphatic carbocycles. The van der Waals surface area contributed by atoms with Crippen LogP contribution in [0.3, 0.4) is 0 Å². The molecule has 0 spiro atoms. The van der Waals surface area contributed by atoms with E-state index < -0.39 is 0 Å². The molecule has 0 heterocycles. The van der Waals surface area contributed by atoms with Crippen LogP contribution in [0.2, 0.25) is 0 Å². The van der Waals surface area contributed by atoms with Crippen LogP contribution in [0.15, 0.2) is 43.1 Å². The van der Waals surface area contributed by atoms with Crippen LogP contribution in [0.5, 0.6) is 0 Å². The van der Waals surface area contributed by atoms with Crippen molar-refractivity contribution in [2.24, 2.45) is 5.73 Å².